The molecule has 2 aromatic rings. The molecular formula is C33H43N3O4. The Morgan fingerprint density at radius 1 is 1.05 bits per heavy atom. The van der Waals surface area contributed by atoms with E-state index in [1.54, 1.807) is 4.90 Å². The smallest absolute Gasteiger partial charge is 0.254 e. The molecule has 40 heavy (non-hydrogen) atoms. The van der Waals surface area contributed by atoms with Crippen LogP contribution in [-0.4, -0.2) is 52.7 Å². The van der Waals surface area contributed by atoms with Crippen LogP contribution in [0, 0.1) is 26.2 Å². The molecule has 214 valence electrons. The van der Waals surface area contributed by atoms with Crippen LogP contribution in [0.4, 0.5) is 0 Å². The quantitative estimate of drug-likeness (QED) is 0.524. The van der Waals surface area contributed by atoms with E-state index in [9.17, 15) is 9.59 Å². The zero-order chi connectivity index (χ0) is 28.8. The van der Waals surface area contributed by atoms with E-state index in [0.717, 1.165) is 77.8 Å². The van der Waals surface area contributed by atoms with Gasteiger partial charge in [-0.2, -0.15) is 0 Å². The van der Waals surface area contributed by atoms with Crippen LogP contribution in [0.1, 0.15) is 96.2 Å². The molecule has 3 heterocycles. The van der Waals surface area contributed by atoms with E-state index in [1.807, 2.05) is 33.8 Å². The molecule has 0 radical (unpaired) electrons. The van der Waals surface area contributed by atoms with Crippen LogP contribution in [0.15, 0.2) is 17.4 Å². The van der Waals surface area contributed by atoms with E-state index in [2.05, 4.69) is 37.5 Å². The van der Waals surface area contributed by atoms with Gasteiger partial charge in [0, 0.05) is 46.8 Å². The Kier molecular flexibility index (Phi) is 6.08. The second-order valence-corrected chi connectivity index (χ2v) is 13.3. The van der Waals surface area contributed by atoms with Gasteiger partial charge in [0.2, 0.25) is 0 Å². The number of aryl methyl sites for hydroxylation is 2. The highest BCUT2D eigenvalue weighted by molar-refractivity contribution is 6.01. The van der Waals surface area contributed by atoms with Crippen molar-refractivity contribution in [3.8, 4) is 11.5 Å². The first kappa shape index (κ1) is 27.1. The van der Waals surface area contributed by atoms with E-state index < -0.39 is 5.79 Å². The van der Waals surface area contributed by atoms with E-state index in [-0.39, 0.29) is 29.0 Å². The maximum atomic E-state index is 14.1. The largest absolute Gasteiger partial charge is 0.448 e. The van der Waals surface area contributed by atoms with Gasteiger partial charge in [-0.25, -0.2) is 0 Å². The van der Waals surface area contributed by atoms with Gasteiger partial charge in [0.15, 0.2) is 11.5 Å². The maximum absolute atomic E-state index is 14.1. The van der Waals surface area contributed by atoms with Gasteiger partial charge >= 0.3 is 0 Å². The first-order chi connectivity index (χ1) is 18.8. The summed E-state index contributed by atoms with van der Waals surface area (Å²) < 4.78 is 13.8. The van der Waals surface area contributed by atoms with Gasteiger partial charge in [-0.1, -0.05) is 6.58 Å². The van der Waals surface area contributed by atoms with Gasteiger partial charge in [0.1, 0.15) is 0 Å². The van der Waals surface area contributed by atoms with Gasteiger partial charge in [0.25, 0.3) is 17.3 Å². The number of aromatic nitrogens is 1. The average Bonchev–Trinajstić information content (AvgIpc) is 3.27. The van der Waals surface area contributed by atoms with Crippen molar-refractivity contribution in [2.45, 2.75) is 97.4 Å². The standard InChI is InChI=1S/C33H43N3O4/c1-19(2)25-23-9-16-36(18-24-20(3)17-21(4)34-29(24)37)30(38)26(23)22(5)27-28(25)40-31(6,39-27)32-10-13-33(14-11-32,15-12-32)35(7)8/h17H,1,9-16,18H2,2-8H3,(H,34,37). The van der Waals surface area contributed by atoms with Gasteiger partial charge in [-0.3, -0.25) is 9.59 Å². The van der Waals surface area contributed by atoms with E-state index >= 15 is 0 Å². The number of fused-ring (bicyclic) bond motifs is 5. The van der Waals surface area contributed by atoms with Gasteiger partial charge in [0.05, 0.1) is 12.1 Å². The lowest BCUT2D eigenvalue weighted by Gasteiger charge is -2.59. The summed E-state index contributed by atoms with van der Waals surface area (Å²) in [4.78, 5) is 33.9. The molecule has 1 aromatic carbocycles. The summed E-state index contributed by atoms with van der Waals surface area (Å²) in [6.45, 7) is 15.0. The number of hydrogen-bond donors (Lipinski definition) is 1. The Morgan fingerprint density at radius 3 is 2.25 bits per heavy atom. The second-order valence-electron chi connectivity index (χ2n) is 13.3. The van der Waals surface area contributed by atoms with Crippen LogP contribution >= 0.6 is 0 Å². The van der Waals surface area contributed by atoms with Crippen LogP contribution < -0.4 is 15.0 Å². The fraction of sp³-hybridized carbons (Fsp3) is 0.576. The molecule has 7 rings (SSSR count). The van der Waals surface area contributed by atoms with Crippen LogP contribution in [0.5, 0.6) is 11.5 Å². The summed E-state index contributed by atoms with van der Waals surface area (Å²) in [6.07, 6.45) is 7.30. The molecule has 2 bridgehead atoms. The minimum Gasteiger partial charge on any atom is -0.448 e. The molecule has 5 aliphatic rings. The summed E-state index contributed by atoms with van der Waals surface area (Å²) in [5, 5.41) is 0. The Morgan fingerprint density at radius 2 is 1.68 bits per heavy atom. The number of carbonyl (C=O) groups excluding carboxylic acids is 1. The van der Waals surface area contributed by atoms with Crippen molar-refractivity contribution < 1.29 is 14.3 Å². The summed E-state index contributed by atoms with van der Waals surface area (Å²) >= 11 is 0. The number of aromatic amines is 1. The fourth-order valence-electron chi connectivity index (χ4n) is 8.17. The minimum atomic E-state index is -0.790. The summed E-state index contributed by atoms with van der Waals surface area (Å²) in [6, 6.07) is 1.96. The van der Waals surface area contributed by atoms with Crippen molar-refractivity contribution in [2.24, 2.45) is 5.41 Å². The Balaban J connectivity index is 1.37. The first-order valence-electron chi connectivity index (χ1n) is 14.7. The van der Waals surface area contributed by atoms with E-state index in [4.69, 9.17) is 9.47 Å². The number of benzene rings is 1. The van der Waals surface area contributed by atoms with Crippen molar-refractivity contribution in [1.82, 2.24) is 14.8 Å². The van der Waals surface area contributed by atoms with E-state index in [0.29, 0.717) is 29.8 Å². The zero-order valence-electron chi connectivity index (χ0n) is 25.2. The van der Waals surface area contributed by atoms with Crippen LogP contribution in [0.25, 0.3) is 5.57 Å². The molecule has 0 saturated heterocycles. The molecule has 1 aromatic heterocycles. The van der Waals surface area contributed by atoms with Crippen molar-refractivity contribution in [2.75, 3.05) is 20.6 Å². The lowest BCUT2D eigenvalue weighted by Crippen LogP contribution is -2.62. The van der Waals surface area contributed by atoms with Crippen molar-refractivity contribution in [3.05, 3.63) is 62.1 Å². The molecule has 1 atom stereocenters. The second kappa shape index (κ2) is 8.97. The molecule has 7 heteroatoms. The lowest BCUT2D eigenvalue weighted by atomic mass is 9.54. The number of ether oxygens (including phenoxy) is 2. The Bertz CT molecular complexity index is 1480. The third kappa shape index (κ3) is 3.73. The van der Waals surface area contributed by atoms with Crippen molar-refractivity contribution >= 4 is 11.5 Å². The number of pyridine rings is 1. The van der Waals surface area contributed by atoms with Crippen LogP contribution in [0.3, 0.4) is 0 Å². The highest BCUT2D eigenvalue weighted by Gasteiger charge is 2.63. The average molecular weight is 546 g/mol. The zero-order valence-corrected chi connectivity index (χ0v) is 25.2. The third-order valence-corrected chi connectivity index (χ3v) is 10.9. The number of nitrogens with one attached hydrogen (secondary N) is 1. The third-order valence-electron chi connectivity index (χ3n) is 10.9. The molecule has 1 N–H and O–H groups in total. The number of hydrogen-bond acceptors (Lipinski definition) is 5. The fourth-order valence-corrected chi connectivity index (χ4v) is 8.17. The van der Waals surface area contributed by atoms with E-state index in [1.165, 1.54) is 0 Å². The molecule has 2 aliphatic heterocycles. The normalized spacial score (nSPS) is 28.8. The van der Waals surface area contributed by atoms with Gasteiger partial charge in [-0.05, 0) is 110 Å². The summed E-state index contributed by atoms with van der Waals surface area (Å²) in [5.41, 5.74) is 6.74. The van der Waals surface area contributed by atoms with Crippen molar-refractivity contribution in [3.63, 3.8) is 0 Å². The lowest BCUT2D eigenvalue weighted by molar-refractivity contribution is -0.211. The first-order valence-corrected chi connectivity index (χ1v) is 14.7. The number of H-pyrrole nitrogens is 1. The number of nitrogens with zero attached hydrogens (tertiary/aromatic N) is 2. The number of rotatable bonds is 5. The monoisotopic (exact) mass is 545 g/mol. The molecule has 3 aliphatic carbocycles. The Labute approximate surface area is 237 Å². The molecule has 3 saturated carbocycles. The molecule has 1 unspecified atom stereocenters. The molecular weight excluding hydrogens is 502 g/mol. The number of allylic oxidation sites excluding steroid dienone is 1. The van der Waals surface area contributed by atoms with Crippen LogP contribution in [-0.2, 0) is 13.0 Å². The predicted octanol–water partition coefficient (Wildman–Crippen LogP) is 5.67. The SMILES string of the molecule is C=C(C)c1c2c(c(C)c3c1OC(C)(C14CCC(N(C)C)(CC1)CC4)O3)C(=O)N(Cc1c(C)cc(C)[nH]c1=O)CC2. The summed E-state index contributed by atoms with van der Waals surface area (Å²) in [5.74, 6) is 0.582. The highest BCUT2D eigenvalue weighted by atomic mass is 16.7. The topological polar surface area (TPSA) is 74.9 Å². The molecule has 7 nitrogen and oxygen atoms in total. The molecule has 3 fully saturated rings. The van der Waals surface area contributed by atoms with Crippen LogP contribution in [0.2, 0.25) is 0 Å². The van der Waals surface area contributed by atoms with Gasteiger partial charge < -0.3 is 24.3 Å². The Hall–Kier alpha value is -3.06. The minimum absolute atomic E-state index is 0.0649. The summed E-state index contributed by atoms with van der Waals surface area (Å²) in [7, 11) is 4.42. The van der Waals surface area contributed by atoms with Crippen molar-refractivity contribution in [1.29, 1.82) is 0 Å². The highest BCUT2D eigenvalue weighted by Crippen LogP contribution is 2.63. The van der Waals surface area contributed by atoms with Gasteiger partial charge in [-0.15, -0.1) is 0 Å². The number of amides is 1. The maximum Gasteiger partial charge on any atom is 0.254 e. The molecule has 1 amide bonds. The molecule has 0 spiro atoms. The predicted molar refractivity (Wildman–Crippen MR) is 157 cm³/mol. The number of carbonyl (C=O) groups is 1.